The topological polar surface area (TPSA) is 47.3 Å². The summed E-state index contributed by atoms with van der Waals surface area (Å²) >= 11 is 0. The summed E-state index contributed by atoms with van der Waals surface area (Å²) in [5.41, 5.74) is 1.19. The summed E-state index contributed by atoms with van der Waals surface area (Å²) in [5, 5.41) is 0. The summed E-state index contributed by atoms with van der Waals surface area (Å²) in [6.07, 6.45) is 1.44. The monoisotopic (exact) mass is 276 g/mol. The van der Waals surface area contributed by atoms with E-state index in [1.807, 2.05) is 24.3 Å². The molecule has 1 atom stereocenters. The van der Waals surface area contributed by atoms with E-state index >= 15 is 0 Å². The molecule has 100 valence electrons. The Kier molecular flexibility index (Phi) is 4.32. The maximum absolute atomic E-state index is 12.1. The fraction of sp³-hybridized carbons (Fsp3) is 0.267. The van der Waals surface area contributed by atoms with Crippen molar-refractivity contribution in [3.63, 3.8) is 0 Å². The highest BCUT2D eigenvalue weighted by Gasteiger charge is 2.14. The molecule has 1 aromatic heterocycles. The number of benzene rings is 1. The second-order valence-electron chi connectivity index (χ2n) is 4.61. The summed E-state index contributed by atoms with van der Waals surface area (Å²) in [6, 6.07) is 10.8. The first kappa shape index (κ1) is 13.7. The van der Waals surface area contributed by atoms with E-state index in [9.17, 15) is 9.00 Å². The van der Waals surface area contributed by atoms with Gasteiger partial charge in [0.1, 0.15) is 0 Å². The Hall–Kier alpha value is -1.68. The molecule has 0 amide bonds. The molecule has 0 radical (unpaired) electrons. The van der Waals surface area contributed by atoms with Crippen LogP contribution < -0.4 is 0 Å². The van der Waals surface area contributed by atoms with E-state index in [2.05, 4.69) is 13.8 Å². The molecule has 1 heterocycles. The highest BCUT2D eigenvalue weighted by Crippen LogP contribution is 2.17. The highest BCUT2D eigenvalue weighted by atomic mass is 32.2. The SMILES string of the molecule is CC(C)c1ccc(S(=O)CC(=O)c2ccco2)cc1. The van der Waals surface area contributed by atoms with Gasteiger partial charge < -0.3 is 4.42 Å². The molecule has 0 N–H and O–H groups in total. The highest BCUT2D eigenvalue weighted by molar-refractivity contribution is 7.85. The van der Waals surface area contributed by atoms with Crippen LogP contribution in [0.1, 0.15) is 35.9 Å². The minimum Gasteiger partial charge on any atom is -0.461 e. The van der Waals surface area contributed by atoms with Crippen LogP contribution in [0.5, 0.6) is 0 Å². The van der Waals surface area contributed by atoms with E-state index < -0.39 is 10.8 Å². The predicted molar refractivity (Wildman–Crippen MR) is 74.8 cm³/mol. The van der Waals surface area contributed by atoms with Gasteiger partial charge in [-0.1, -0.05) is 26.0 Å². The van der Waals surface area contributed by atoms with E-state index in [0.29, 0.717) is 10.8 Å². The van der Waals surface area contributed by atoms with Gasteiger partial charge in [-0.15, -0.1) is 0 Å². The summed E-state index contributed by atoms with van der Waals surface area (Å²) < 4.78 is 17.1. The van der Waals surface area contributed by atoms with E-state index in [1.165, 1.54) is 11.8 Å². The number of furan rings is 1. The van der Waals surface area contributed by atoms with Gasteiger partial charge in [0.25, 0.3) is 0 Å². The lowest BCUT2D eigenvalue weighted by molar-refractivity contribution is 0.0991. The zero-order chi connectivity index (χ0) is 13.8. The minimum absolute atomic E-state index is 0.0471. The summed E-state index contributed by atoms with van der Waals surface area (Å²) in [6.45, 7) is 4.21. The van der Waals surface area contributed by atoms with Crippen LogP contribution in [-0.4, -0.2) is 15.7 Å². The molecular formula is C15H16O3S. The average molecular weight is 276 g/mol. The lowest BCUT2D eigenvalue weighted by Gasteiger charge is -2.06. The van der Waals surface area contributed by atoms with Crippen molar-refractivity contribution in [1.29, 1.82) is 0 Å². The van der Waals surface area contributed by atoms with Gasteiger partial charge in [-0.2, -0.15) is 0 Å². The van der Waals surface area contributed by atoms with Crippen molar-refractivity contribution in [2.45, 2.75) is 24.7 Å². The molecule has 19 heavy (non-hydrogen) atoms. The fourth-order valence-corrected chi connectivity index (χ4v) is 2.70. The van der Waals surface area contributed by atoms with Gasteiger partial charge in [0.05, 0.1) is 22.8 Å². The number of rotatable bonds is 5. The molecule has 1 unspecified atom stereocenters. The van der Waals surface area contributed by atoms with Crippen molar-refractivity contribution in [3.05, 3.63) is 54.0 Å². The molecule has 2 aromatic rings. The van der Waals surface area contributed by atoms with Crippen LogP contribution in [0.4, 0.5) is 0 Å². The van der Waals surface area contributed by atoms with Crippen LogP contribution >= 0.6 is 0 Å². The standard InChI is InChI=1S/C15H16O3S/c1-11(2)12-5-7-13(8-6-12)19(17)10-14(16)15-4-3-9-18-15/h3-9,11H,10H2,1-2H3. The van der Waals surface area contributed by atoms with Crippen molar-refractivity contribution in [1.82, 2.24) is 0 Å². The molecule has 0 saturated heterocycles. The molecule has 0 aliphatic heterocycles. The molecule has 0 bridgehead atoms. The van der Waals surface area contributed by atoms with Crippen molar-refractivity contribution in [2.24, 2.45) is 0 Å². The normalized spacial score (nSPS) is 12.6. The van der Waals surface area contributed by atoms with Crippen molar-refractivity contribution < 1.29 is 13.4 Å². The second kappa shape index (κ2) is 5.97. The van der Waals surface area contributed by atoms with Gasteiger partial charge in [0.2, 0.25) is 5.78 Å². The van der Waals surface area contributed by atoms with E-state index in [-0.39, 0.29) is 17.3 Å². The number of carbonyl (C=O) groups is 1. The largest absolute Gasteiger partial charge is 0.461 e. The smallest absolute Gasteiger partial charge is 0.210 e. The number of ketones is 1. The van der Waals surface area contributed by atoms with Crippen molar-refractivity contribution in [2.75, 3.05) is 5.75 Å². The fourth-order valence-electron chi connectivity index (χ4n) is 1.72. The zero-order valence-corrected chi connectivity index (χ0v) is 11.8. The first-order chi connectivity index (χ1) is 9.08. The molecule has 1 aromatic carbocycles. The Balaban J connectivity index is 2.06. The molecule has 2 rings (SSSR count). The second-order valence-corrected chi connectivity index (χ2v) is 6.07. The van der Waals surface area contributed by atoms with Crippen LogP contribution in [-0.2, 0) is 10.8 Å². The van der Waals surface area contributed by atoms with E-state index in [1.54, 1.807) is 12.1 Å². The van der Waals surface area contributed by atoms with Crippen LogP contribution in [0, 0.1) is 0 Å². The Morgan fingerprint density at radius 1 is 1.21 bits per heavy atom. The minimum atomic E-state index is -1.33. The molecule has 4 heteroatoms. The molecule has 3 nitrogen and oxygen atoms in total. The lowest BCUT2D eigenvalue weighted by Crippen LogP contribution is -2.10. The molecule has 0 aliphatic carbocycles. The quantitative estimate of drug-likeness (QED) is 0.786. The third kappa shape index (κ3) is 3.41. The van der Waals surface area contributed by atoms with Gasteiger partial charge >= 0.3 is 0 Å². The molecule has 0 saturated carbocycles. The van der Waals surface area contributed by atoms with Crippen molar-refractivity contribution >= 4 is 16.6 Å². The maximum atomic E-state index is 12.1. The van der Waals surface area contributed by atoms with E-state index in [0.717, 1.165) is 0 Å². The Labute approximate surface area is 115 Å². The maximum Gasteiger partial charge on any atom is 0.210 e. The van der Waals surface area contributed by atoms with Crippen LogP contribution in [0.25, 0.3) is 0 Å². The average Bonchev–Trinajstić information content (AvgIpc) is 2.92. The number of carbonyl (C=O) groups excluding carboxylic acids is 1. The first-order valence-corrected chi connectivity index (χ1v) is 7.45. The summed E-state index contributed by atoms with van der Waals surface area (Å²) in [7, 11) is -1.33. The molecule has 0 aliphatic rings. The summed E-state index contributed by atoms with van der Waals surface area (Å²) in [5.74, 6) is 0.407. The van der Waals surface area contributed by atoms with Gasteiger partial charge in [-0.05, 0) is 35.7 Å². The first-order valence-electron chi connectivity index (χ1n) is 6.13. The lowest BCUT2D eigenvalue weighted by atomic mass is 10.0. The Bertz CT molecular complexity index is 568. The number of Topliss-reactive ketones (excluding diaryl/α,β-unsaturated/α-hetero) is 1. The van der Waals surface area contributed by atoms with Crippen LogP contribution in [0.2, 0.25) is 0 Å². The van der Waals surface area contributed by atoms with Crippen LogP contribution in [0.15, 0.2) is 52.0 Å². The molecular weight excluding hydrogens is 260 g/mol. The van der Waals surface area contributed by atoms with Gasteiger partial charge in [0, 0.05) is 4.90 Å². The molecule has 0 spiro atoms. The number of hydrogen-bond donors (Lipinski definition) is 0. The van der Waals surface area contributed by atoms with Crippen LogP contribution in [0.3, 0.4) is 0 Å². The Morgan fingerprint density at radius 3 is 2.42 bits per heavy atom. The third-order valence-corrected chi connectivity index (χ3v) is 4.19. The van der Waals surface area contributed by atoms with Gasteiger partial charge in [0.15, 0.2) is 5.76 Å². The van der Waals surface area contributed by atoms with Gasteiger partial charge in [-0.25, -0.2) is 0 Å². The van der Waals surface area contributed by atoms with Gasteiger partial charge in [-0.3, -0.25) is 9.00 Å². The zero-order valence-electron chi connectivity index (χ0n) is 11.0. The predicted octanol–water partition coefficient (Wildman–Crippen LogP) is 3.39. The third-order valence-electron chi connectivity index (χ3n) is 2.87. The van der Waals surface area contributed by atoms with Crippen molar-refractivity contribution in [3.8, 4) is 0 Å². The molecule has 0 fully saturated rings. The summed E-state index contributed by atoms with van der Waals surface area (Å²) in [4.78, 5) is 12.4. The number of hydrogen-bond acceptors (Lipinski definition) is 3. The van der Waals surface area contributed by atoms with E-state index in [4.69, 9.17) is 4.42 Å². The Morgan fingerprint density at radius 2 is 1.89 bits per heavy atom.